The van der Waals surface area contributed by atoms with Crippen molar-refractivity contribution in [2.24, 2.45) is 5.92 Å². The third kappa shape index (κ3) is 3.82. The minimum atomic E-state index is -0.515. The summed E-state index contributed by atoms with van der Waals surface area (Å²) in [6.07, 6.45) is 0.218. The maximum Gasteiger partial charge on any atom is 0.294 e. The van der Waals surface area contributed by atoms with E-state index in [1.165, 1.54) is 0 Å². The molecule has 2 unspecified atom stereocenters. The lowest BCUT2D eigenvalue weighted by Crippen LogP contribution is -2.56. The van der Waals surface area contributed by atoms with E-state index in [0.717, 1.165) is 12.0 Å². The molecule has 1 aromatic carbocycles. The van der Waals surface area contributed by atoms with Crippen LogP contribution in [-0.4, -0.2) is 36.4 Å². The van der Waals surface area contributed by atoms with Crippen molar-refractivity contribution in [2.75, 3.05) is 13.1 Å². The van der Waals surface area contributed by atoms with E-state index >= 15 is 0 Å². The van der Waals surface area contributed by atoms with Crippen LogP contribution in [0, 0.1) is 5.92 Å². The van der Waals surface area contributed by atoms with Crippen LogP contribution in [0.3, 0.4) is 0 Å². The van der Waals surface area contributed by atoms with Gasteiger partial charge in [-0.3, -0.25) is 14.5 Å². The van der Waals surface area contributed by atoms with Crippen LogP contribution < -0.4 is 5.32 Å². The lowest BCUT2D eigenvalue weighted by Gasteiger charge is -2.40. The number of rotatable bonds is 6. The Kier molecular flexibility index (Phi) is 5.33. The molecule has 1 aliphatic heterocycles. The van der Waals surface area contributed by atoms with Crippen molar-refractivity contribution < 1.29 is 14.3 Å². The van der Waals surface area contributed by atoms with Gasteiger partial charge in [-0.25, -0.2) is 0 Å². The molecule has 5 heteroatoms. The highest BCUT2D eigenvalue weighted by molar-refractivity contribution is 5.82. The second-order valence-electron chi connectivity index (χ2n) is 5.67. The van der Waals surface area contributed by atoms with E-state index < -0.39 is 6.23 Å². The van der Waals surface area contributed by atoms with Gasteiger partial charge in [0.05, 0.1) is 6.04 Å². The molecule has 2 atom stereocenters. The second kappa shape index (κ2) is 7.22. The predicted octanol–water partition coefficient (Wildman–Crippen LogP) is 1.70. The molecule has 1 fully saturated rings. The fourth-order valence-electron chi connectivity index (χ4n) is 2.72. The van der Waals surface area contributed by atoms with Crippen LogP contribution in [0.4, 0.5) is 0 Å². The summed E-state index contributed by atoms with van der Waals surface area (Å²) in [5.74, 6) is 0.388. The first kappa shape index (κ1) is 15.5. The molecular weight excluding hydrogens is 268 g/mol. The molecule has 0 spiro atoms. The number of benzene rings is 1. The third-order valence-electron chi connectivity index (χ3n) is 3.64. The molecule has 0 aliphatic carbocycles. The molecule has 114 valence electrons. The van der Waals surface area contributed by atoms with Gasteiger partial charge in [-0.1, -0.05) is 44.2 Å². The fourth-order valence-corrected chi connectivity index (χ4v) is 2.72. The number of ether oxygens (including phenoxy) is 1. The van der Waals surface area contributed by atoms with Gasteiger partial charge in [-0.15, -0.1) is 0 Å². The van der Waals surface area contributed by atoms with Gasteiger partial charge in [0.1, 0.15) is 0 Å². The SMILES string of the molecule is CC(C)CC1C(=O)NCCN1C(OC=O)c1ccccc1. The Morgan fingerprint density at radius 3 is 2.71 bits per heavy atom. The first-order valence-electron chi connectivity index (χ1n) is 7.31. The molecule has 0 saturated carbocycles. The Hall–Kier alpha value is -1.88. The molecule has 1 aliphatic rings. The van der Waals surface area contributed by atoms with E-state index in [0.29, 0.717) is 25.5 Å². The minimum absolute atomic E-state index is 0.00498. The number of nitrogens with one attached hydrogen (secondary N) is 1. The Balaban J connectivity index is 2.27. The van der Waals surface area contributed by atoms with Crippen molar-refractivity contribution in [3.05, 3.63) is 35.9 Å². The monoisotopic (exact) mass is 290 g/mol. The molecule has 1 saturated heterocycles. The van der Waals surface area contributed by atoms with Gasteiger partial charge in [0, 0.05) is 18.7 Å². The molecule has 0 bridgehead atoms. The van der Waals surface area contributed by atoms with Crippen molar-refractivity contribution >= 4 is 12.4 Å². The van der Waals surface area contributed by atoms with Gasteiger partial charge in [0.25, 0.3) is 6.47 Å². The largest absolute Gasteiger partial charge is 0.444 e. The second-order valence-corrected chi connectivity index (χ2v) is 5.67. The molecule has 2 rings (SSSR count). The number of piperazine rings is 1. The number of amides is 1. The molecule has 0 aromatic heterocycles. The van der Waals surface area contributed by atoms with E-state index in [-0.39, 0.29) is 11.9 Å². The zero-order valence-corrected chi connectivity index (χ0v) is 12.5. The van der Waals surface area contributed by atoms with Crippen LogP contribution in [0.5, 0.6) is 0 Å². The highest BCUT2D eigenvalue weighted by Gasteiger charge is 2.36. The van der Waals surface area contributed by atoms with Gasteiger partial charge in [0.15, 0.2) is 6.23 Å². The molecule has 1 heterocycles. The van der Waals surface area contributed by atoms with Crippen LogP contribution in [0.1, 0.15) is 32.1 Å². The van der Waals surface area contributed by atoms with Crippen molar-refractivity contribution in [1.29, 1.82) is 0 Å². The van der Waals surface area contributed by atoms with Gasteiger partial charge < -0.3 is 10.1 Å². The maximum absolute atomic E-state index is 12.2. The lowest BCUT2D eigenvalue weighted by molar-refractivity contribution is -0.155. The molecule has 5 nitrogen and oxygen atoms in total. The number of nitrogens with zero attached hydrogens (tertiary/aromatic N) is 1. The summed E-state index contributed by atoms with van der Waals surface area (Å²) in [6.45, 7) is 5.85. The summed E-state index contributed by atoms with van der Waals surface area (Å²) >= 11 is 0. The number of carbonyl (C=O) groups excluding carboxylic acids is 2. The average Bonchev–Trinajstić information content (AvgIpc) is 2.48. The summed E-state index contributed by atoms with van der Waals surface area (Å²) in [5, 5.41) is 2.89. The lowest BCUT2D eigenvalue weighted by atomic mass is 9.98. The molecule has 1 amide bonds. The summed E-state index contributed by atoms with van der Waals surface area (Å²) < 4.78 is 5.29. The average molecular weight is 290 g/mol. The van der Waals surface area contributed by atoms with Crippen LogP contribution in [0.15, 0.2) is 30.3 Å². The molecule has 1 N–H and O–H groups in total. The molecule has 21 heavy (non-hydrogen) atoms. The van der Waals surface area contributed by atoms with E-state index in [2.05, 4.69) is 19.2 Å². The van der Waals surface area contributed by atoms with Gasteiger partial charge >= 0.3 is 0 Å². The van der Waals surface area contributed by atoms with Crippen molar-refractivity contribution in [1.82, 2.24) is 10.2 Å². The van der Waals surface area contributed by atoms with Crippen LogP contribution in [-0.2, 0) is 14.3 Å². The fraction of sp³-hybridized carbons (Fsp3) is 0.500. The molecule has 0 radical (unpaired) electrons. The highest BCUT2D eigenvalue weighted by Crippen LogP contribution is 2.27. The number of hydrogen-bond donors (Lipinski definition) is 1. The number of carbonyl (C=O) groups is 2. The summed E-state index contributed by atoms with van der Waals surface area (Å²) in [4.78, 5) is 25.1. The Morgan fingerprint density at radius 2 is 2.10 bits per heavy atom. The standard InChI is InChI=1S/C16H22N2O3/c1-12(2)10-14-15(20)17-8-9-18(14)16(21-11-19)13-6-4-3-5-7-13/h3-7,11-12,14,16H,8-10H2,1-2H3,(H,17,20). The zero-order valence-electron chi connectivity index (χ0n) is 12.5. The summed E-state index contributed by atoms with van der Waals surface area (Å²) in [5.41, 5.74) is 0.882. The highest BCUT2D eigenvalue weighted by atomic mass is 16.5. The Bertz CT molecular complexity index is 476. The van der Waals surface area contributed by atoms with Crippen LogP contribution >= 0.6 is 0 Å². The smallest absolute Gasteiger partial charge is 0.294 e. The van der Waals surface area contributed by atoms with Crippen molar-refractivity contribution in [3.63, 3.8) is 0 Å². The Morgan fingerprint density at radius 1 is 1.38 bits per heavy atom. The van der Waals surface area contributed by atoms with Gasteiger partial charge in [-0.05, 0) is 12.3 Å². The number of hydrogen-bond acceptors (Lipinski definition) is 4. The quantitative estimate of drug-likeness (QED) is 0.810. The van der Waals surface area contributed by atoms with E-state index in [1.807, 2.05) is 35.2 Å². The van der Waals surface area contributed by atoms with E-state index in [1.54, 1.807) is 0 Å². The van der Waals surface area contributed by atoms with Gasteiger partial charge in [0.2, 0.25) is 5.91 Å². The summed E-state index contributed by atoms with van der Waals surface area (Å²) in [6, 6.07) is 9.26. The first-order chi connectivity index (χ1) is 10.1. The van der Waals surface area contributed by atoms with E-state index in [9.17, 15) is 9.59 Å². The first-order valence-corrected chi connectivity index (χ1v) is 7.31. The van der Waals surface area contributed by atoms with Crippen molar-refractivity contribution in [3.8, 4) is 0 Å². The summed E-state index contributed by atoms with van der Waals surface area (Å²) in [7, 11) is 0. The van der Waals surface area contributed by atoms with Gasteiger partial charge in [-0.2, -0.15) is 0 Å². The minimum Gasteiger partial charge on any atom is -0.444 e. The van der Waals surface area contributed by atoms with E-state index in [4.69, 9.17) is 4.74 Å². The van der Waals surface area contributed by atoms with Crippen LogP contribution in [0.25, 0.3) is 0 Å². The molecule has 1 aromatic rings. The zero-order chi connectivity index (χ0) is 15.2. The Labute approximate surface area is 125 Å². The predicted molar refractivity (Wildman–Crippen MR) is 79.3 cm³/mol. The molecular formula is C16H22N2O3. The normalized spacial score (nSPS) is 20.9. The van der Waals surface area contributed by atoms with Crippen molar-refractivity contribution in [2.45, 2.75) is 32.5 Å². The maximum atomic E-state index is 12.2. The topological polar surface area (TPSA) is 58.6 Å². The van der Waals surface area contributed by atoms with Crippen LogP contribution in [0.2, 0.25) is 0 Å². The third-order valence-corrected chi connectivity index (χ3v) is 3.64.